The zero-order valence-corrected chi connectivity index (χ0v) is 15.2. The lowest BCUT2D eigenvalue weighted by Gasteiger charge is -2.22. The van der Waals surface area contributed by atoms with Gasteiger partial charge < -0.3 is 19.4 Å². The monoisotopic (exact) mass is 362 g/mol. The highest BCUT2D eigenvalue weighted by Gasteiger charge is 2.18. The number of anilines is 1. The minimum absolute atomic E-state index is 0.131. The molecule has 1 aromatic carbocycles. The SMILES string of the molecule is CCOC(=O)CCN(Cc1ccco1)C(=O)Nc1ccccc1SC. The standard InChI is InChI=1S/C18H22N2O4S/c1-3-23-17(21)10-11-20(13-14-7-6-12-24-14)18(22)19-15-8-4-5-9-16(15)25-2/h4-9,12H,3,10-11,13H2,1-2H3,(H,19,22). The van der Waals surface area contributed by atoms with Crippen molar-refractivity contribution in [2.75, 3.05) is 24.7 Å². The number of para-hydroxylation sites is 1. The van der Waals surface area contributed by atoms with Crippen LogP contribution in [0, 0.1) is 0 Å². The molecule has 0 atom stereocenters. The van der Waals surface area contributed by atoms with Crippen LogP contribution in [0.4, 0.5) is 10.5 Å². The second kappa shape index (κ2) is 9.78. The van der Waals surface area contributed by atoms with Crippen LogP contribution in [0.25, 0.3) is 0 Å². The molecule has 0 saturated carbocycles. The van der Waals surface area contributed by atoms with Crippen molar-refractivity contribution in [2.24, 2.45) is 0 Å². The Morgan fingerprint density at radius 1 is 1.24 bits per heavy atom. The molecular formula is C18H22N2O4S. The summed E-state index contributed by atoms with van der Waals surface area (Å²) in [5.41, 5.74) is 0.737. The summed E-state index contributed by atoms with van der Waals surface area (Å²) < 4.78 is 10.3. The lowest BCUT2D eigenvalue weighted by Crippen LogP contribution is -2.36. The summed E-state index contributed by atoms with van der Waals surface area (Å²) in [5, 5.41) is 2.90. The topological polar surface area (TPSA) is 71.8 Å². The summed E-state index contributed by atoms with van der Waals surface area (Å²) >= 11 is 1.55. The van der Waals surface area contributed by atoms with E-state index in [1.165, 1.54) is 4.90 Å². The molecule has 1 heterocycles. The molecule has 7 heteroatoms. The van der Waals surface area contributed by atoms with Crippen molar-refractivity contribution in [3.8, 4) is 0 Å². The molecule has 25 heavy (non-hydrogen) atoms. The summed E-state index contributed by atoms with van der Waals surface area (Å²) in [6.07, 6.45) is 3.64. The average Bonchev–Trinajstić information content (AvgIpc) is 3.12. The quantitative estimate of drug-likeness (QED) is 0.568. The summed E-state index contributed by atoms with van der Waals surface area (Å²) in [6, 6.07) is 10.8. The maximum absolute atomic E-state index is 12.7. The Balaban J connectivity index is 2.07. The minimum Gasteiger partial charge on any atom is -0.467 e. The summed E-state index contributed by atoms with van der Waals surface area (Å²) in [4.78, 5) is 26.8. The van der Waals surface area contributed by atoms with E-state index in [1.54, 1.807) is 37.1 Å². The van der Waals surface area contributed by atoms with Gasteiger partial charge in [0.25, 0.3) is 0 Å². The maximum atomic E-state index is 12.7. The van der Waals surface area contributed by atoms with E-state index in [-0.39, 0.29) is 31.5 Å². The molecule has 0 aliphatic rings. The molecule has 1 N–H and O–H groups in total. The number of urea groups is 1. The van der Waals surface area contributed by atoms with E-state index < -0.39 is 0 Å². The molecule has 0 fully saturated rings. The van der Waals surface area contributed by atoms with Crippen LogP contribution in [0.3, 0.4) is 0 Å². The molecule has 0 spiro atoms. The first kappa shape index (κ1) is 18.9. The van der Waals surface area contributed by atoms with Crippen molar-refractivity contribution in [3.63, 3.8) is 0 Å². The molecular weight excluding hydrogens is 340 g/mol. The van der Waals surface area contributed by atoms with Gasteiger partial charge in [0.1, 0.15) is 5.76 Å². The Morgan fingerprint density at radius 3 is 2.72 bits per heavy atom. The van der Waals surface area contributed by atoms with Gasteiger partial charge in [-0.05, 0) is 37.4 Å². The van der Waals surface area contributed by atoms with Gasteiger partial charge in [-0.25, -0.2) is 4.79 Å². The van der Waals surface area contributed by atoms with Crippen molar-refractivity contribution in [1.29, 1.82) is 0 Å². The number of furan rings is 1. The van der Waals surface area contributed by atoms with E-state index in [0.717, 1.165) is 10.6 Å². The Hall–Kier alpha value is -2.41. The number of nitrogens with zero attached hydrogens (tertiary/aromatic N) is 1. The second-order valence-electron chi connectivity index (χ2n) is 5.19. The van der Waals surface area contributed by atoms with Crippen LogP contribution >= 0.6 is 11.8 Å². The van der Waals surface area contributed by atoms with Gasteiger partial charge in [0.15, 0.2) is 0 Å². The molecule has 0 unspecified atom stereocenters. The first-order valence-electron chi connectivity index (χ1n) is 8.01. The predicted octanol–water partition coefficient (Wildman–Crippen LogP) is 3.99. The summed E-state index contributed by atoms with van der Waals surface area (Å²) in [5.74, 6) is 0.321. The fourth-order valence-corrected chi connectivity index (χ4v) is 2.80. The van der Waals surface area contributed by atoms with Crippen LogP contribution in [0.1, 0.15) is 19.1 Å². The van der Waals surface area contributed by atoms with Crippen molar-refractivity contribution in [3.05, 3.63) is 48.4 Å². The van der Waals surface area contributed by atoms with Crippen LogP contribution in [-0.4, -0.2) is 36.3 Å². The summed E-state index contributed by atoms with van der Waals surface area (Å²) in [6.45, 7) is 2.60. The van der Waals surface area contributed by atoms with Crippen molar-refractivity contribution >= 4 is 29.4 Å². The van der Waals surface area contributed by atoms with Crippen LogP contribution in [-0.2, 0) is 16.1 Å². The van der Waals surface area contributed by atoms with E-state index in [4.69, 9.17) is 9.15 Å². The molecule has 0 radical (unpaired) electrons. The molecule has 2 amide bonds. The number of benzene rings is 1. The maximum Gasteiger partial charge on any atom is 0.322 e. The lowest BCUT2D eigenvalue weighted by atomic mass is 10.3. The Morgan fingerprint density at radius 2 is 2.04 bits per heavy atom. The second-order valence-corrected chi connectivity index (χ2v) is 6.03. The van der Waals surface area contributed by atoms with Gasteiger partial charge in [-0.15, -0.1) is 11.8 Å². The number of carbonyl (C=O) groups is 2. The van der Waals surface area contributed by atoms with Gasteiger partial charge >= 0.3 is 12.0 Å². The predicted molar refractivity (Wildman–Crippen MR) is 97.6 cm³/mol. The highest BCUT2D eigenvalue weighted by molar-refractivity contribution is 7.98. The molecule has 2 rings (SSSR count). The first-order valence-corrected chi connectivity index (χ1v) is 9.23. The van der Waals surface area contributed by atoms with Crippen molar-refractivity contribution in [1.82, 2.24) is 4.90 Å². The zero-order valence-electron chi connectivity index (χ0n) is 14.4. The van der Waals surface area contributed by atoms with Crippen LogP contribution in [0.15, 0.2) is 52.0 Å². The Labute approximate surface area is 151 Å². The van der Waals surface area contributed by atoms with Gasteiger partial charge in [-0.2, -0.15) is 0 Å². The zero-order chi connectivity index (χ0) is 18.1. The highest BCUT2D eigenvalue weighted by atomic mass is 32.2. The highest BCUT2D eigenvalue weighted by Crippen LogP contribution is 2.25. The van der Waals surface area contributed by atoms with Crippen LogP contribution in [0.2, 0.25) is 0 Å². The smallest absolute Gasteiger partial charge is 0.322 e. The molecule has 2 aromatic rings. The van der Waals surface area contributed by atoms with E-state index in [0.29, 0.717) is 12.4 Å². The van der Waals surface area contributed by atoms with Gasteiger partial charge in [0, 0.05) is 11.4 Å². The third-order valence-corrected chi connectivity index (χ3v) is 4.25. The van der Waals surface area contributed by atoms with Crippen molar-refractivity contribution < 1.29 is 18.7 Å². The fraction of sp³-hybridized carbons (Fsp3) is 0.333. The van der Waals surface area contributed by atoms with Crippen molar-refractivity contribution in [2.45, 2.75) is 24.8 Å². The number of hydrogen-bond acceptors (Lipinski definition) is 5. The molecule has 6 nitrogen and oxygen atoms in total. The van der Waals surface area contributed by atoms with E-state index in [1.807, 2.05) is 30.5 Å². The Kier molecular flexibility index (Phi) is 7.40. The summed E-state index contributed by atoms with van der Waals surface area (Å²) in [7, 11) is 0. The van der Waals surface area contributed by atoms with Gasteiger partial charge in [0.2, 0.25) is 0 Å². The third kappa shape index (κ3) is 5.86. The van der Waals surface area contributed by atoms with Crippen LogP contribution in [0.5, 0.6) is 0 Å². The minimum atomic E-state index is -0.329. The normalized spacial score (nSPS) is 10.3. The number of amides is 2. The number of carbonyl (C=O) groups excluding carboxylic acids is 2. The molecule has 0 bridgehead atoms. The molecule has 1 aromatic heterocycles. The average molecular weight is 362 g/mol. The largest absolute Gasteiger partial charge is 0.467 e. The molecule has 0 saturated heterocycles. The number of thioether (sulfide) groups is 1. The number of esters is 1. The fourth-order valence-electron chi connectivity index (χ4n) is 2.24. The van der Waals surface area contributed by atoms with Gasteiger partial charge in [-0.3, -0.25) is 4.79 Å². The first-order chi connectivity index (χ1) is 12.1. The molecule has 134 valence electrons. The number of ether oxygens (including phenoxy) is 1. The third-order valence-electron chi connectivity index (χ3n) is 3.45. The van der Waals surface area contributed by atoms with E-state index in [9.17, 15) is 9.59 Å². The lowest BCUT2D eigenvalue weighted by molar-refractivity contribution is -0.143. The number of hydrogen-bond donors (Lipinski definition) is 1. The van der Waals surface area contributed by atoms with Gasteiger partial charge in [-0.1, -0.05) is 12.1 Å². The molecule has 0 aliphatic heterocycles. The van der Waals surface area contributed by atoms with Gasteiger partial charge in [0.05, 0.1) is 31.5 Å². The van der Waals surface area contributed by atoms with E-state index in [2.05, 4.69) is 5.32 Å². The molecule has 0 aliphatic carbocycles. The Bertz CT molecular complexity index is 688. The number of rotatable bonds is 8. The number of nitrogens with one attached hydrogen (secondary N) is 1. The van der Waals surface area contributed by atoms with Crippen LogP contribution < -0.4 is 5.32 Å². The van der Waals surface area contributed by atoms with E-state index >= 15 is 0 Å².